The topological polar surface area (TPSA) is 47.6 Å². The van der Waals surface area contributed by atoms with E-state index in [1.165, 1.54) is 5.56 Å². The molecule has 2 rings (SSSR count). The zero-order valence-electron chi connectivity index (χ0n) is 15.6. The van der Waals surface area contributed by atoms with Gasteiger partial charge in [-0.25, -0.2) is 0 Å². The predicted octanol–water partition coefficient (Wildman–Crippen LogP) is 4.35. The molecule has 1 amide bonds. The van der Waals surface area contributed by atoms with Crippen LogP contribution in [-0.4, -0.2) is 19.1 Å². The monoisotopic (exact) mass is 341 g/mol. The van der Waals surface area contributed by atoms with Gasteiger partial charge in [0.15, 0.2) is 6.10 Å². The Kier molecular flexibility index (Phi) is 6.45. The van der Waals surface area contributed by atoms with Gasteiger partial charge in [0.25, 0.3) is 5.91 Å². The van der Waals surface area contributed by atoms with Crippen LogP contribution in [0.2, 0.25) is 0 Å². The molecule has 4 nitrogen and oxygen atoms in total. The van der Waals surface area contributed by atoms with E-state index in [1.807, 2.05) is 63.2 Å². The fraction of sp³-hybridized carbons (Fsp3) is 0.381. The van der Waals surface area contributed by atoms with Crippen LogP contribution in [0, 0.1) is 13.8 Å². The Morgan fingerprint density at radius 3 is 2.24 bits per heavy atom. The maximum Gasteiger partial charge on any atom is 0.261 e. The normalized spacial score (nSPS) is 13.0. The summed E-state index contributed by atoms with van der Waals surface area (Å²) in [6.45, 7) is 8.00. The Hall–Kier alpha value is -2.49. The molecule has 2 aromatic carbocycles. The summed E-state index contributed by atoms with van der Waals surface area (Å²) in [5.41, 5.74) is 3.38. The summed E-state index contributed by atoms with van der Waals surface area (Å²) in [5.74, 6) is 1.41. The molecular formula is C21H27NO3. The maximum absolute atomic E-state index is 12.6. The summed E-state index contributed by atoms with van der Waals surface area (Å²) in [6, 6.07) is 13.5. The summed E-state index contributed by atoms with van der Waals surface area (Å²) in [4.78, 5) is 12.6. The molecule has 0 aliphatic carbocycles. The average Bonchev–Trinajstić information content (AvgIpc) is 2.62. The van der Waals surface area contributed by atoms with Gasteiger partial charge in [0.2, 0.25) is 0 Å². The number of carbonyl (C=O) groups excluding carboxylic acids is 1. The molecule has 0 unspecified atom stereocenters. The molecule has 0 aromatic heterocycles. The summed E-state index contributed by atoms with van der Waals surface area (Å²) in [6.07, 6.45) is 0.0940. The lowest BCUT2D eigenvalue weighted by molar-refractivity contribution is -0.128. The van der Waals surface area contributed by atoms with Crippen molar-refractivity contribution in [3.05, 3.63) is 59.2 Å². The Morgan fingerprint density at radius 1 is 1.04 bits per heavy atom. The lowest BCUT2D eigenvalue weighted by Gasteiger charge is -2.21. The lowest BCUT2D eigenvalue weighted by atomic mass is 10.1. The minimum absolute atomic E-state index is 0.101. The molecule has 0 aliphatic heterocycles. The van der Waals surface area contributed by atoms with Crippen molar-refractivity contribution in [2.24, 2.45) is 0 Å². The first kappa shape index (κ1) is 18.8. The van der Waals surface area contributed by atoms with Gasteiger partial charge >= 0.3 is 0 Å². The van der Waals surface area contributed by atoms with Gasteiger partial charge in [-0.15, -0.1) is 0 Å². The molecule has 0 saturated carbocycles. The number of carbonyl (C=O) groups is 1. The van der Waals surface area contributed by atoms with Crippen LogP contribution >= 0.6 is 0 Å². The highest BCUT2D eigenvalue weighted by Crippen LogP contribution is 2.20. The standard InChI is InChI=1S/C21H27NO3/c1-6-20(25-19-10-7-14(2)15(3)13-19)21(23)22-16(4)17-8-11-18(24-5)12-9-17/h7-13,16,20H,6H2,1-5H3,(H,22,23)/t16-,20+/m1/s1. The molecule has 0 radical (unpaired) electrons. The highest BCUT2D eigenvalue weighted by molar-refractivity contribution is 5.81. The molecular weight excluding hydrogens is 314 g/mol. The first-order valence-corrected chi connectivity index (χ1v) is 8.62. The second-order valence-electron chi connectivity index (χ2n) is 6.26. The third-order valence-corrected chi connectivity index (χ3v) is 4.39. The van der Waals surface area contributed by atoms with Gasteiger partial charge in [-0.1, -0.05) is 25.1 Å². The number of hydrogen-bond donors (Lipinski definition) is 1. The molecule has 0 bridgehead atoms. The SMILES string of the molecule is CC[C@H](Oc1ccc(C)c(C)c1)C(=O)N[C@H](C)c1ccc(OC)cc1. The van der Waals surface area contributed by atoms with E-state index >= 15 is 0 Å². The van der Waals surface area contributed by atoms with Crippen molar-refractivity contribution in [2.45, 2.75) is 46.3 Å². The summed E-state index contributed by atoms with van der Waals surface area (Å²) >= 11 is 0. The van der Waals surface area contributed by atoms with Crippen molar-refractivity contribution >= 4 is 5.91 Å². The molecule has 0 fully saturated rings. The van der Waals surface area contributed by atoms with Crippen LogP contribution in [-0.2, 0) is 4.79 Å². The first-order chi connectivity index (χ1) is 11.9. The molecule has 25 heavy (non-hydrogen) atoms. The van der Waals surface area contributed by atoms with Gasteiger partial charge in [-0.05, 0) is 68.1 Å². The smallest absolute Gasteiger partial charge is 0.261 e. The number of amides is 1. The average molecular weight is 341 g/mol. The minimum Gasteiger partial charge on any atom is -0.497 e. The lowest BCUT2D eigenvalue weighted by Crippen LogP contribution is -2.39. The molecule has 0 aliphatic rings. The largest absolute Gasteiger partial charge is 0.497 e. The molecule has 1 N–H and O–H groups in total. The van der Waals surface area contributed by atoms with Crippen LogP contribution in [0.15, 0.2) is 42.5 Å². The van der Waals surface area contributed by atoms with Gasteiger partial charge in [0.1, 0.15) is 11.5 Å². The highest BCUT2D eigenvalue weighted by atomic mass is 16.5. The van der Waals surface area contributed by atoms with Crippen LogP contribution in [0.4, 0.5) is 0 Å². The van der Waals surface area contributed by atoms with Crippen molar-refractivity contribution in [1.82, 2.24) is 5.32 Å². The van der Waals surface area contributed by atoms with Crippen LogP contribution < -0.4 is 14.8 Å². The van der Waals surface area contributed by atoms with Crippen molar-refractivity contribution in [3.8, 4) is 11.5 Å². The summed E-state index contributed by atoms with van der Waals surface area (Å²) in [7, 11) is 1.64. The Morgan fingerprint density at radius 2 is 1.68 bits per heavy atom. The van der Waals surface area contributed by atoms with E-state index < -0.39 is 6.10 Å². The van der Waals surface area contributed by atoms with E-state index in [4.69, 9.17) is 9.47 Å². The number of ether oxygens (including phenoxy) is 2. The Bertz CT molecular complexity index is 710. The Balaban J connectivity index is 2.01. The second kappa shape index (κ2) is 8.56. The number of nitrogens with one attached hydrogen (secondary N) is 1. The minimum atomic E-state index is -0.511. The number of rotatable bonds is 7. The summed E-state index contributed by atoms with van der Waals surface area (Å²) in [5, 5.41) is 3.03. The predicted molar refractivity (Wildman–Crippen MR) is 100 cm³/mol. The van der Waals surface area contributed by atoms with Crippen LogP contribution in [0.3, 0.4) is 0 Å². The van der Waals surface area contributed by atoms with Crippen molar-refractivity contribution in [3.63, 3.8) is 0 Å². The van der Waals surface area contributed by atoms with E-state index in [0.29, 0.717) is 6.42 Å². The van der Waals surface area contributed by atoms with E-state index in [1.54, 1.807) is 7.11 Å². The highest BCUT2D eigenvalue weighted by Gasteiger charge is 2.21. The number of hydrogen-bond acceptors (Lipinski definition) is 3. The number of aryl methyl sites for hydroxylation is 2. The van der Waals surface area contributed by atoms with E-state index in [0.717, 1.165) is 22.6 Å². The van der Waals surface area contributed by atoms with Crippen LogP contribution in [0.25, 0.3) is 0 Å². The zero-order valence-corrected chi connectivity index (χ0v) is 15.6. The second-order valence-corrected chi connectivity index (χ2v) is 6.26. The molecule has 4 heteroatoms. The van der Waals surface area contributed by atoms with E-state index in [-0.39, 0.29) is 11.9 Å². The zero-order chi connectivity index (χ0) is 18.4. The van der Waals surface area contributed by atoms with Gasteiger partial charge in [-0.2, -0.15) is 0 Å². The Labute approximate surface area is 150 Å². The molecule has 2 atom stereocenters. The molecule has 0 saturated heterocycles. The number of methoxy groups -OCH3 is 1. The third kappa shape index (κ3) is 4.99. The van der Waals surface area contributed by atoms with Crippen molar-refractivity contribution in [2.75, 3.05) is 7.11 Å². The third-order valence-electron chi connectivity index (χ3n) is 4.39. The molecule has 134 valence electrons. The first-order valence-electron chi connectivity index (χ1n) is 8.62. The van der Waals surface area contributed by atoms with Crippen molar-refractivity contribution < 1.29 is 14.3 Å². The number of benzene rings is 2. The van der Waals surface area contributed by atoms with Gasteiger partial charge in [-0.3, -0.25) is 4.79 Å². The molecule has 0 spiro atoms. The molecule has 0 heterocycles. The summed E-state index contributed by atoms with van der Waals surface area (Å²) < 4.78 is 11.1. The fourth-order valence-electron chi connectivity index (χ4n) is 2.56. The van der Waals surface area contributed by atoms with E-state index in [2.05, 4.69) is 12.2 Å². The van der Waals surface area contributed by atoms with Crippen LogP contribution in [0.5, 0.6) is 11.5 Å². The van der Waals surface area contributed by atoms with Crippen molar-refractivity contribution in [1.29, 1.82) is 0 Å². The van der Waals surface area contributed by atoms with Gasteiger partial charge in [0.05, 0.1) is 13.2 Å². The van der Waals surface area contributed by atoms with Crippen LogP contribution in [0.1, 0.15) is 43.0 Å². The molecule has 2 aromatic rings. The van der Waals surface area contributed by atoms with Gasteiger partial charge in [0, 0.05) is 0 Å². The quantitative estimate of drug-likeness (QED) is 0.814. The maximum atomic E-state index is 12.6. The van der Waals surface area contributed by atoms with Gasteiger partial charge < -0.3 is 14.8 Å². The fourth-order valence-corrected chi connectivity index (χ4v) is 2.56. The van der Waals surface area contributed by atoms with E-state index in [9.17, 15) is 4.79 Å².